The van der Waals surface area contributed by atoms with Crippen molar-refractivity contribution in [3.05, 3.63) is 52.9 Å². The van der Waals surface area contributed by atoms with Crippen LogP contribution in [-0.2, 0) is 11.3 Å². The van der Waals surface area contributed by atoms with E-state index in [-0.39, 0.29) is 6.09 Å². The van der Waals surface area contributed by atoms with Crippen LogP contribution in [-0.4, -0.2) is 39.7 Å². The van der Waals surface area contributed by atoms with Crippen molar-refractivity contribution >= 4 is 17.7 Å². The summed E-state index contributed by atoms with van der Waals surface area (Å²) >= 11 is 5.85. The number of nitrogens with zero attached hydrogens (tertiary/aromatic N) is 3. The monoisotopic (exact) mass is 403 g/mol. The maximum atomic E-state index is 12.2. The zero-order chi connectivity index (χ0) is 20.1. The number of hydrogen-bond acceptors (Lipinski definition) is 5. The van der Waals surface area contributed by atoms with E-state index in [1.54, 1.807) is 17.2 Å². The Morgan fingerprint density at radius 1 is 1.21 bits per heavy atom. The SMILES string of the molecule is CC(C)(C)OC(=O)N1CCC(c2cccc(OCc3ccc(Cl)cn3)n2)CC1. The average molecular weight is 404 g/mol. The zero-order valence-corrected chi connectivity index (χ0v) is 17.3. The Kier molecular flexibility index (Phi) is 6.39. The number of likely N-dealkylation sites (tertiary alicyclic amines) is 1. The Balaban J connectivity index is 1.54. The summed E-state index contributed by atoms with van der Waals surface area (Å²) < 4.78 is 11.2. The summed E-state index contributed by atoms with van der Waals surface area (Å²) in [5, 5.41) is 0.599. The molecule has 3 rings (SSSR count). The summed E-state index contributed by atoms with van der Waals surface area (Å²) in [6.07, 6.45) is 3.07. The molecule has 1 saturated heterocycles. The van der Waals surface area contributed by atoms with Crippen LogP contribution in [0.1, 0.15) is 50.9 Å². The van der Waals surface area contributed by atoms with E-state index >= 15 is 0 Å². The van der Waals surface area contributed by atoms with Crippen molar-refractivity contribution in [2.45, 2.75) is 51.7 Å². The second-order valence-corrected chi connectivity index (χ2v) is 8.34. The molecular formula is C21H26ClN3O3. The zero-order valence-electron chi connectivity index (χ0n) is 16.5. The smallest absolute Gasteiger partial charge is 0.410 e. The summed E-state index contributed by atoms with van der Waals surface area (Å²) in [6.45, 7) is 7.32. The van der Waals surface area contributed by atoms with Crippen LogP contribution in [0.2, 0.25) is 5.02 Å². The fourth-order valence-electron chi connectivity index (χ4n) is 3.06. The molecule has 0 unspecified atom stereocenters. The third-order valence-corrected chi connectivity index (χ3v) is 4.69. The lowest BCUT2D eigenvalue weighted by Crippen LogP contribution is -2.41. The van der Waals surface area contributed by atoms with Crippen LogP contribution in [0.4, 0.5) is 4.79 Å². The Bertz CT molecular complexity index is 797. The Labute approximate surface area is 170 Å². The van der Waals surface area contributed by atoms with Crippen LogP contribution in [0.25, 0.3) is 0 Å². The van der Waals surface area contributed by atoms with Gasteiger partial charge in [0.2, 0.25) is 5.88 Å². The van der Waals surface area contributed by atoms with Crippen molar-refractivity contribution < 1.29 is 14.3 Å². The third kappa shape index (κ3) is 5.83. The summed E-state index contributed by atoms with van der Waals surface area (Å²) in [5.41, 5.74) is 1.31. The fraction of sp³-hybridized carbons (Fsp3) is 0.476. The van der Waals surface area contributed by atoms with Crippen LogP contribution in [0.5, 0.6) is 5.88 Å². The molecule has 0 atom stereocenters. The molecule has 0 N–H and O–H groups in total. The van der Waals surface area contributed by atoms with Crippen LogP contribution in [0.15, 0.2) is 36.5 Å². The van der Waals surface area contributed by atoms with Crippen molar-refractivity contribution in [1.29, 1.82) is 0 Å². The molecule has 7 heteroatoms. The second-order valence-electron chi connectivity index (χ2n) is 7.90. The van der Waals surface area contributed by atoms with Gasteiger partial charge in [0.25, 0.3) is 0 Å². The van der Waals surface area contributed by atoms with Crippen molar-refractivity contribution in [3.8, 4) is 5.88 Å². The summed E-state index contributed by atoms with van der Waals surface area (Å²) in [5.74, 6) is 0.875. The van der Waals surface area contributed by atoms with Crippen LogP contribution in [0.3, 0.4) is 0 Å². The van der Waals surface area contributed by atoms with Gasteiger partial charge in [-0.05, 0) is 51.8 Å². The maximum absolute atomic E-state index is 12.2. The first kappa shape index (κ1) is 20.4. The molecule has 0 bridgehead atoms. The highest BCUT2D eigenvalue weighted by Crippen LogP contribution is 2.28. The second kappa shape index (κ2) is 8.78. The highest BCUT2D eigenvalue weighted by Gasteiger charge is 2.28. The molecule has 0 aromatic carbocycles. The number of hydrogen-bond donors (Lipinski definition) is 0. The molecule has 1 fully saturated rings. The highest BCUT2D eigenvalue weighted by atomic mass is 35.5. The quantitative estimate of drug-likeness (QED) is 0.731. The van der Waals surface area contributed by atoms with E-state index in [9.17, 15) is 4.79 Å². The lowest BCUT2D eigenvalue weighted by Gasteiger charge is -2.33. The van der Waals surface area contributed by atoms with Crippen molar-refractivity contribution in [2.75, 3.05) is 13.1 Å². The molecule has 3 heterocycles. The van der Waals surface area contributed by atoms with E-state index in [4.69, 9.17) is 21.1 Å². The molecule has 6 nitrogen and oxygen atoms in total. The topological polar surface area (TPSA) is 64.5 Å². The Hall–Kier alpha value is -2.34. The standard InChI is InChI=1S/C21H26ClN3O3/c1-21(2,3)28-20(26)25-11-9-15(10-12-25)18-5-4-6-19(24-18)27-14-17-8-7-16(22)13-23-17/h4-8,13,15H,9-12,14H2,1-3H3. The minimum atomic E-state index is -0.472. The number of carbonyl (C=O) groups is 1. The first-order valence-electron chi connectivity index (χ1n) is 9.48. The van der Waals surface area contributed by atoms with Gasteiger partial charge in [-0.3, -0.25) is 4.98 Å². The first-order valence-corrected chi connectivity index (χ1v) is 9.86. The molecule has 28 heavy (non-hydrogen) atoms. The van der Waals surface area contributed by atoms with Gasteiger partial charge in [-0.1, -0.05) is 17.7 Å². The largest absolute Gasteiger partial charge is 0.471 e. The summed E-state index contributed by atoms with van der Waals surface area (Å²) in [7, 11) is 0. The third-order valence-electron chi connectivity index (χ3n) is 4.47. The number of ether oxygens (including phenoxy) is 2. The molecule has 1 amide bonds. The average Bonchev–Trinajstić information content (AvgIpc) is 2.67. The van der Waals surface area contributed by atoms with E-state index in [1.165, 1.54) is 0 Å². The Morgan fingerprint density at radius 2 is 1.96 bits per heavy atom. The number of carbonyl (C=O) groups excluding carboxylic acids is 1. The Morgan fingerprint density at radius 3 is 2.61 bits per heavy atom. The van der Waals surface area contributed by atoms with Crippen LogP contribution in [0, 0.1) is 0 Å². The van der Waals surface area contributed by atoms with Gasteiger partial charge in [0, 0.05) is 37.0 Å². The summed E-state index contributed by atoms with van der Waals surface area (Å²) in [6, 6.07) is 9.43. The highest BCUT2D eigenvalue weighted by molar-refractivity contribution is 6.30. The van der Waals surface area contributed by atoms with E-state index in [0.717, 1.165) is 24.2 Å². The maximum Gasteiger partial charge on any atom is 0.410 e. The van der Waals surface area contributed by atoms with E-state index in [2.05, 4.69) is 9.97 Å². The molecule has 2 aromatic heterocycles. The molecule has 2 aromatic rings. The normalized spacial score (nSPS) is 15.4. The number of aromatic nitrogens is 2. The number of amides is 1. The van der Waals surface area contributed by atoms with E-state index < -0.39 is 5.60 Å². The fourth-order valence-corrected chi connectivity index (χ4v) is 3.17. The van der Waals surface area contributed by atoms with Gasteiger partial charge in [-0.2, -0.15) is 0 Å². The molecule has 0 spiro atoms. The minimum Gasteiger partial charge on any atom is -0.471 e. The van der Waals surface area contributed by atoms with Gasteiger partial charge in [0.05, 0.1) is 10.7 Å². The predicted molar refractivity (Wildman–Crippen MR) is 108 cm³/mol. The van der Waals surface area contributed by atoms with Crippen LogP contribution < -0.4 is 4.74 Å². The molecular weight excluding hydrogens is 378 g/mol. The first-order chi connectivity index (χ1) is 13.3. The molecule has 1 aliphatic rings. The molecule has 0 saturated carbocycles. The molecule has 150 valence electrons. The van der Waals surface area contributed by atoms with Crippen molar-refractivity contribution in [3.63, 3.8) is 0 Å². The molecule has 0 radical (unpaired) electrons. The van der Waals surface area contributed by atoms with Gasteiger partial charge < -0.3 is 14.4 Å². The van der Waals surface area contributed by atoms with Gasteiger partial charge >= 0.3 is 6.09 Å². The van der Waals surface area contributed by atoms with E-state index in [1.807, 2.05) is 45.0 Å². The van der Waals surface area contributed by atoms with Gasteiger partial charge in [-0.25, -0.2) is 9.78 Å². The summed E-state index contributed by atoms with van der Waals surface area (Å²) in [4.78, 5) is 22.8. The number of piperidine rings is 1. The minimum absolute atomic E-state index is 0.244. The molecule has 0 aliphatic carbocycles. The number of pyridine rings is 2. The predicted octanol–water partition coefficient (Wildman–Crippen LogP) is 4.82. The number of halogens is 1. The van der Waals surface area contributed by atoms with Gasteiger partial charge in [0.15, 0.2) is 0 Å². The van der Waals surface area contributed by atoms with Crippen molar-refractivity contribution in [1.82, 2.24) is 14.9 Å². The van der Waals surface area contributed by atoms with Crippen molar-refractivity contribution in [2.24, 2.45) is 0 Å². The van der Waals surface area contributed by atoms with E-state index in [0.29, 0.717) is 36.5 Å². The van der Waals surface area contributed by atoms with Gasteiger partial charge in [0.1, 0.15) is 12.2 Å². The number of rotatable bonds is 4. The van der Waals surface area contributed by atoms with Crippen LogP contribution >= 0.6 is 11.6 Å². The molecule has 1 aliphatic heterocycles. The lowest BCUT2D eigenvalue weighted by atomic mass is 9.93. The lowest BCUT2D eigenvalue weighted by molar-refractivity contribution is 0.0204. The van der Waals surface area contributed by atoms with Gasteiger partial charge in [-0.15, -0.1) is 0 Å².